The third kappa shape index (κ3) is 7.99. The molecule has 11 nitrogen and oxygen atoms in total. The maximum atomic E-state index is 13.5. The number of benzene rings is 1. The maximum Gasteiger partial charge on any atom is 0.324 e. The number of hydrogen-bond acceptors (Lipinski definition) is 8. The van der Waals surface area contributed by atoms with Crippen molar-refractivity contribution in [2.45, 2.75) is 25.8 Å². The average Bonchev–Trinajstić information content (AvgIpc) is 3.03. The van der Waals surface area contributed by atoms with Gasteiger partial charge in [-0.1, -0.05) is 36.4 Å². The van der Waals surface area contributed by atoms with Crippen LogP contribution in [-0.4, -0.2) is 66.1 Å². The molecule has 11 heteroatoms. The van der Waals surface area contributed by atoms with E-state index in [-0.39, 0.29) is 23.5 Å². The fourth-order valence-electron chi connectivity index (χ4n) is 4.75. The topological polar surface area (TPSA) is 131 Å². The summed E-state index contributed by atoms with van der Waals surface area (Å²) in [4.78, 5) is 34.5. The number of aromatic nitrogens is 1. The molecule has 1 aliphatic carbocycles. The molecule has 1 aromatic carbocycles. The first-order valence-corrected chi connectivity index (χ1v) is 14.1. The van der Waals surface area contributed by atoms with Gasteiger partial charge in [-0.15, -0.1) is 0 Å². The molecule has 0 radical (unpaired) electrons. The van der Waals surface area contributed by atoms with E-state index in [0.717, 1.165) is 63.2 Å². The van der Waals surface area contributed by atoms with Crippen LogP contribution in [0.4, 0.5) is 16.2 Å². The predicted molar refractivity (Wildman–Crippen MR) is 159 cm³/mol. The highest BCUT2D eigenvalue weighted by molar-refractivity contribution is 6.04. The summed E-state index contributed by atoms with van der Waals surface area (Å²) in [7, 11) is 0. The second-order valence-corrected chi connectivity index (χ2v) is 10.1. The Morgan fingerprint density at radius 2 is 1.93 bits per heavy atom. The normalized spacial score (nSPS) is 16.7. The number of nitrogens with zero attached hydrogens (tertiary/aromatic N) is 3. The first-order chi connectivity index (χ1) is 20.5. The van der Waals surface area contributed by atoms with Gasteiger partial charge >= 0.3 is 6.03 Å². The predicted octanol–water partition coefficient (Wildman–Crippen LogP) is 4.11. The lowest BCUT2D eigenvalue weighted by atomic mass is 10.0. The SMILES string of the molecule is Nc1ccccc1NC(=O)c1ccc(CN(CCCN2CCOCC2)C(=O)NC2=COC=C(C3=CC=CCC3)O2)cn1. The molecule has 5 rings (SSSR count). The van der Waals surface area contributed by atoms with E-state index >= 15 is 0 Å². The number of rotatable bonds is 10. The minimum atomic E-state index is -0.367. The van der Waals surface area contributed by atoms with Crippen LogP contribution in [0.5, 0.6) is 0 Å². The molecule has 0 spiro atoms. The number of pyridine rings is 1. The van der Waals surface area contributed by atoms with Gasteiger partial charge in [0.2, 0.25) is 5.88 Å². The van der Waals surface area contributed by atoms with Crippen molar-refractivity contribution >= 4 is 23.3 Å². The Balaban J connectivity index is 1.22. The number of carbonyl (C=O) groups excluding carboxylic acids is 2. The van der Waals surface area contributed by atoms with Crippen molar-refractivity contribution in [3.8, 4) is 0 Å². The molecule has 220 valence electrons. The number of morpholine rings is 1. The van der Waals surface area contributed by atoms with E-state index in [1.165, 1.54) is 12.5 Å². The molecule has 4 N–H and O–H groups in total. The first kappa shape index (κ1) is 28.9. The van der Waals surface area contributed by atoms with Crippen LogP contribution in [0.2, 0.25) is 0 Å². The zero-order valence-electron chi connectivity index (χ0n) is 23.5. The Morgan fingerprint density at radius 3 is 2.69 bits per heavy atom. The lowest BCUT2D eigenvalue weighted by Gasteiger charge is -2.29. The number of nitrogens with two attached hydrogens (primary N) is 1. The summed E-state index contributed by atoms with van der Waals surface area (Å²) >= 11 is 0. The average molecular weight is 573 g/mol. The number of hydrogen-bond donors (Lipinski definition) is 3. The molecule has 0 unspecified atom stereocenters. The van der Waals surface area contributed by atoms with Gasteiger partial charge in [0.15, 0.2) is 12.0 Å². The molecule has 0 bridgehead atoms. The summed E-state index contributed by atoms with van der Waals surface area (Å²) in [5.41, 5.74) is 8.96. The van der Waals surface area contributed by atoms with E-state index in [4.69, 9.17) is 19.9 Å². The Hall–Kier alpha value is -4.61. The Morgan fingerprint density at radius 1 is 1.07 bits per heavy atom. The molecule has 3 amide bonds. The van der Waals surface area contributed by atoms with Gasteiger partial charge in [0.1, 0.15) is 12.0 Å². The van der Waals surface area contributed by atoms with Crippen LogP contribution in [0.25, 0.3) is 0 Å². The molecule has 2 aromatic rings. The summed E-state index contributed by atoms with van der Waals surface area (Å²) in [5, 5.41) is 5.62. The molecule has 2 aliphatic heterocycles. The number of nitrogen functional groups attached to an aromatic ring is 1. The standard InChI is InChI=1S/C31H36N6O5/c32-25-9-4-5-10-26(25)34-30(38)27-12-11-23(19-33-27)20-37(14-6-13-36-15-17-40-18-16-36)31(39)35-29-22-41-21-28(42-29)24-7-2-1-3-8-24/h1-2,4-5,7,9-12,19,21-22H,3,6,8,13-18,20,32H2,(H,34,38)(H,35,39). The molecule has 1 aromatic heterocycles. The highest BCUT2D eigenvalue weighted by atomic mass is 16.6. The van der Waals surface area contributed by atoms with Gasteiger partial charge in [-0.05, 0) is 48.6 Å². The first-order valence-electron chi connectivity index (χ1n) is 14.1. The molecular weight excluding hydrogens is 536 g/mol. The lowest BCUT2D eigenvalue weighted by Crippen LogP contribution is -2.42. The van der Waals surface area contributed by atoms with Crippen molar-refractivity contribution in [2.24, 2.45) is 0 Å². The summed E-state index contributed by atoms with van der Waals surface area (Å²) in [6, 6.07) is 10.1. The molecule has 3 aliphatic rings. The van der Waals surface area contributed by atoms with Crippen molar-refractivity contribution in [1.82, 2.24) is 20.1 Å². The fourth-order valence-corrected chi connectivity index (χ4v) is 4.75. The van der Waals surface area contributed by atoms with Gasteiger partial charge < -0.3 is 30.2 Å². The third-order valence-electron chi connectivity index (χ3n) is 7.06. The van der Waals surface area contributed by atoms with Gasteiger partial charge in [-0.25, -0.2) is 4.79 Å². The van der Waals surface area contributed by atoms with Gasteiger partial charge in [-0.2, -0.15) is 0 Å². The third-order valence-corrected chi connectivity index (χ3v) is 7.06. The molecule has 1 fully saturated rings. The number of nitrogens with one attached hydrogen (secondary N) is 2. The van der Waals surface area contributed by atoms with Crippen molar-refractivity contribution < 1.29 is 23.8 Å². The van der Waals surface area contributed by atoms with Crippen LogP contribution in [0.15, 0.2) is 90.6 Å². The lowest BCUT2D eigenvalue weighted by molar-refractivity contribution is 0.0364. The summed E-state index contributed by atoms with van der Waals surface area (Å²) in [6.07, 6.45) is 13.1. The summed E-state index contributed by atoms with van der Waals surface area (Å²) in [5.74, 6) is 0.427. The van der Waals surface area contributed by atoms with Gasteiger partial charge in [0, 0.05) is 38.9 Å². The van der Waals surface area contributed by atoms with Gasteiger partial charge in [0.25, 0.3) is 5.91 Å². The largest absolute Gasteiger partial charge is 0.463 e. The van der Waals surface area contributed by atoms with Crippen LogP contribution in [0.3, 0.4) is 0 Å². The van der Waals surface area contributed by atoms with E-state index in [1.807, 2.05) is 12.2 Å². The maximum absolute atomic E-state index is 13.5. The van der Waals surface area contributed by atoms with Crippen molar-refractivity contribution in [1.29, 1.82) is 0 Å². The van der Waals surface area contributed by atoms with Crippen molar-refractivity contribution in [3.63, 3.8) is 0 Å². The van der Waals surface area contributed by atoms with E-state index in [1.54, 1.807) is 47.5 Å². The highest BCUT2D eigenvalue weighted by Crippen LogP contribution is 2.25. The molecule has 42 heavy (non-hydrogen) atoms. The van der Waals surface area contributed by atoms with Crippen LogP contribution < -0.4 is 16.4 Å². The number of anilines is 2. The van der Waals surface area contributed by atoms with Crippen molar-refractivity contribution in [3.05, 3.63) is 102 Å². The number of carbonyl (C=O) groups is 2. The van der Waals surface area contributed by atoms with E-state index in [2.05, 4.69) is 26.6 Å². The Bertz CT molecular complexity index is 1380. The monoisotopic (exact) mass is 572 g/mol. The summed E-state index contributed by atoms with van der Waals surface area (Å²) in [6.45, 7) is 4.86. The molecule has 0 saturated carbocycles. The fraction of sp³-hybridized carbons (Fsp3) is 0.323. The number of ether oxygens (including phenoxy) is 3. The minimum absolute atomic E-state index is 0.219. The quantitative estimate of drug-likeness (QED) is 0.363. The zero-order chi connectivity index (χ0) is 29.1. The number of para-hydroxylation sites is 2. The van der Waals surface area contributed by atoms with Crippen LogP contribution >= 0.6 is 0 Å². The second-order valence-electron chi connectivity index (χ2n) is 10.1. The van der Waals surface area contributed by atoms with E-state index < -0.39 is 0 Å². The van der Waals surface area contributed by atoms with E-state index in [0.29, 0.717) is 30.2 Å². The Labute approximate surface area is 245 Å². The molecule has 3 heterocycles. The van der Waals surface area contributed by atoms with Crippen LogP contribution in [-0.2, 0) is 20.8 Å². The van der Waals surface area contributed by atoms with Gasteiger partial charge in [0.05, 0.1) is 24.6 Å². The number of amides is 3. The van der Waals surface area contributed by atoms with Crippen LogP contribution in [0.1, 0.15) is 35.3 Å². The summed E-state index contributed by atoms with van der Waals surface area (Å²) < 4.78 is 16.9. The minimum Gasteiger partial charge on any atom is -0.463 e. The smallest absolute Gasteiger partial charge is 0.324 e. The molecule has 0 atom stereocenters. The highest BCUT2D eigenvalue weighted by Gasteiger charge is 2.21. The number of allylic oxidation sites excluding steroid dienone is 4. The zero-order valence-corrected chi connectivity index (χ0v) is 23.5. The molecule has 1 saturated heterocycles. The van der Waals surface area contributed by atoms with Crippen LogP contribution in [0, 0.1) is 0 Å². The van der Waals surface area contributed by atoms with Crippen molar-refractivity contribution in [2.75, 3.05) is 50.4 Å². The second kappa shape index (κ2) is 14.3. The van der Waals surface area contributed by atoms with E-state index in [9.17, 15) is 9.59 Å². The number of urea groups is 1. The van der Waals surface area contributed by atoms with Gasteiger partial charge in [-0.3, -0.25) is 20.0 Å². The Kier molecular flexibility index (Phi) is 9.86. The molecular formula is C31H36N6O5.